The maximum Gasteiger partial charge on any atom is 0.324 e. The molecule has 1 heterocycles. The minimum absolute atomic E-state index is 0.127. The van der Waals surface area contributed by atoms with Crippen molar-refractivity contribution in [3.8, 4) is 0 Å². The van der Waals surface area contributed by atoms with Gasteiger partial charge in [-0.1, -0.05) is 6.92 Å². The van der Waals surface area contributed by atoms with Crippen LogP contribution >= 0.6 is 11.3 Å². The molecule has 1 unspecified atom stereocenters. The summed E-state index contributed by atoms with van der Waals surface area (Å²) in [6.45, 7) is 3.46. The van der Waals surface area contributed by atoms with Crippen molar-refractivity contribution in [2.45, 2.75) is 45.6 Å². The van der Waals surface area contributed by atoms with E-state index in [-0.39, 0.29) is 12.6 Å². The lowest BCUT2D eigenvalue weighted by Crippen LogP contribution is -2.44. The number of thiazole rings is 1. The van der Waals surface area contributed by atoms with E-state index < -0.39 is 12.0 Å². The van der Waals surface area contributed by atoms with Gasteiger partial charge in [-0.2, -0.15) is 0 Å². The molecule has 1 aliphatic rings. The Kier molecular flexibility index (Phi) is 4.59. The fourth-order valence-electron chi connectivity index (χ4n) is 2.20. The lowest BCUT2D eigenvalue weighted by atomic mass is 10.2. The number of anilines is 1. The molecule has 0 fully saturated rings. The van der Waals surface area contributed by atoms with E-state index >= 15 is 0 Å². The number of aromatic nitrogens is 1. The van der Waals surface area contributed by atoms with Crippen LogP contribution in [0.5, 0.6) is 0 Å². The summed E-state index contributed by atoms with van der Waals surface area (Å²) in [6.07, 6.45) is 3.81. The van der Waals surface area contributed by atoms with Crippen molar-refractivity contribution in [2.75, 3.05) is 11.9 Å². The molecular weight excluding hydrogens is 278 g/mol. The third kappa shape index (κ3) is 3.27. The van der Waals surface area contributed by atoms with Crippen LogP contribution in [0.15, 0.2) is 0 Å². The second kappa shape index (κ2) is 6.21. The standard InChI is InChI=1S/C13H19N3O3S/c1-3-8(2)16(7-11(17)18)13(19)15-12-14-9-5-4-6-10(9)20-12/h8H,3-7H2,1-2H3,(H,17,18)(H,14,15,19). The number of carbonyl (C=O) groups is 2. The van der Waals surface area contributed by atoms with E-state index in [1.54, 1.807) is 0 Å². The van der Waals surface area contributed by atoms with Crippen molar-refractivity contribution in [3.05, 3.63) is 10.6 Å². The SMILES string of the molecule is CCC(C)N(CC(=O)O)C(=O)Nc1nc2c(s1)CCC2. The summed E-state index contributed by atoms with van der Waals surface area (Å²) in [5, 5.41) is 12.2. The monoisotopic (exact) mass is 297 g/mol. The molecule has 2 N–H and O–H groups in total. The normalized spacial score (nSPS) is 14.7. The summed E-state index contributed by atoms with van der Waals surface area (Å²) >= 11 is 1.49. The molecule has 2 amide bonds. The number of amides is 2. The van der Waals surface area contributed by atoms with Crippen LogP contribution in [0.2, 0.25) is 0 Å². The maximum atomic E-state index is 12.2. The van der Waals surface area contributed by atoms with Crippen molar-refractivity contribution in [1.29, 1.82) is 0 Å². The maximum absolute atomic E-state index is 12.2. The molecule has 7 heteroatoms. The summed E-state index contributed by atoms with van der Waals surface area (Å²) in [5.41, 5.74) is 1.07. The summed E-state index contributed by atoms with van der Waals surface area (Å²) in [7, 11) is 0. The minimum atomic E-state index is -1.01. The van der Waals surface area contributed by atoms with Gasteiger partial charge in [0.05, 0.1) is 5.69 Å². The zero-order valence-corrected chi connectivity index (χ0v) is 12.5. The van der Waals surface area contributed by atoms with Crippen molar-refractivity contribution < 1.29 is 14.7 Å². The number of hydrogen-bond donors (Lipinski definition) is 2. The summed E-state index contributed by atoms with van der Waals surface area (Å²) in [5.74, 6) is -1.01. The van der Waals surface area contributed by atoms with Crippen molar-refractivity contribution >= 4 is 28.5 Å². The van der Waals surface area contributed by atoms with E-state index in [1.807, 2.05) is 13.8 Å². The number of fused-ring (bicyclic) bond motifs is 1. The largest absolute Gasteiger partial charge is 0.480 e. The van der Waals surface area contributed by atoms with Gasteiger partial charge < -0.3 is 10.0 Å². The molecule has 0 aliphatic heterocycles. The highest BCUT2D eigenvalue weighted by Gasteiger charge is 2.24. The summed E-state index contributed by atoms with van der Waals surface area (Å²) in [6, 6.07) is -0.521. The number of aliphatic carboxylic acids is 1. The first-order valence-electron chi connectivity index (χ1n) is 6.79. The van der Waals surface area contributed by atoms with Crippen LogP contribution in [0.4, 0.5) is 9.93 Å². The predicted molar refractivity (Wildman–Crippen MR) is 77.3 cm³/mol. The Bertz CT molecular complexity index is 493. The molecule has 6 nitrogen and oxygen atoms in total. The van der Waals surface area contributed by atoms with Gasteiger partial charge in [-0.3, -0.25) is 10.1 Å². The average Bonchev–Trinajstić information content (AvgIpc) is 2.95. The molecule has 2 rings (SSSR count). The van der Waals surface area contributed by atoms with Gasteiger partial charge in [0.25, 0.3) is 0 Å². The lowest BCUT2D eigenvalue weighted by molar-refractivity contribution is -0.138. The van der Waals surface area contributed by atoms with Gasteiger partial charge in [0.15, 0.2) is 5.13 Å². The highest BCUT2D eigenvalue weighted by Crippen LogP contribution is 2.30. The number of carbonyl (C=O) groups excluding carboxylic acids is 1. The number of urea groups is 1. The number of carboxylic acids is 1. The number of carboxylic acid groups (broad SMARTS) is 1. The Hall–Kier alpha value is -1.63. The lowest BCUT2D eigenvalue weighted by Gasteiger charge is -2.26. The van der Waals surface area contributed by atoms with Gasteiger partial charge in [0, 0.05) is 10.9 Å². The first-order chi connectivity index (χ1) is 9.51. The summed E-state index contributed by atoms with van der Waals surface area (Å²) in [4.78, 5) is 30.0. The van der Waals surface area contributed by atoms with Crippen LogP contribution in [-0.4, -0.2) is 39.6 Å². The first-order valence-corrected chi connectivity index (χ1v) is 7.61. The van der Waals surface area contributed by atoms with Gasteiger partial charge in [0.1, 0.15) is 6.54 Å². The zero-order chi connectivity index (χ0) is 14.7. The molecule has 1 aliphatic carbocycles. The van der Waals surface area contributed by atoms with Gasteiger partial charge in [-0.05, 0) is 32.6 Å². The topological polar surface area (TPSA) is 82.5 Å². The Morgan fingerprint density at radius 3 is 2.85 bits per heavy atom. The number of rotatable bonds is 5. The third-order valence-corrected chi connectivity index (χ3v) is 4.57. The van der Waals surface area contributed by atoms with E-state index in [0.717, 1.165) is 25.0 Å². The van der Waals surface area contributed by atoms with Crippen LogP contribution in [0.3, 0.4) is 0 Å². The highest BCUT2D eigenvalue weighted by atomic mass is 32.1. The first kappa shape index (κ1) is 14.8. The molecule has 1 aromatic rings. The molecule has 20 heavy (non-hydrogen) atoms. The van der Waals surface area contributed by atoms with Gasteiger partial charge in [-0.25, -0.2) is 9.78 Å². The number of nitrogens with one attached hydrogen (secondary N) is 1. The molecule has 110 valence electrons. The minimum Gasteiger partial charge on any atom is -0.480 e. The Morgan fingerprint density at radius 2 is 2.25 bits per heavy atom. The summed E-state index contributed by atoms with van der Waals surface area (Å²) < 4.78 is 0. The van der Waals surface area contributed by atoms with Gasteiger partial charge >= 0.3 is 12.0 Å². The van der Waals surface area contributed by atoms with Crippen LogP contribution in [-0.2, 0) is 17.6 Å². The van der Waals surface area contributed by atoms with Crippen molar-refractivity contribution in [2.24, 2.45) is 0 Å². The predicted octanol–water partition coefficient (Wildman–Crippen LogP) is 2.35. The zero-order valence-electron chi connectivity index (χ0n) is 11.7. The molecule has 0 saturated heterocycles. The molecule has 0 radical (unpaired) electrons. The van der Waals surface area contributed by atoms with E-state index in [4.69, 9.17) is 5.11 Å². The Labute approximate surface area is 121 Å². The number of hydrogen-bond acceptors (Lipinski definition) is 4. The quantitative estimate of drug-likeness (QED) is 0.874. The van der Waals surface area contributed by atoms with Gasteiger partial charge in [-0.15, -0.1) is 11.3 Å². The third-order valence-electron chi connectivity index (χ3n) is 3.50. The Balaban J connectivity index is 2.05. The second-order valence-electron chi connectivity index (χ2n) is 4.95. The van der Waals surface area contributed by atoms with E-state index in [9.17, 15) is 9.59 Å². The molecule has 0 spiro atoms. The molecule has 0 aromatic carbocycles. The van der Waals surface area contributed by atoms with Crippen LogP contribution < -0.4 is 5.32 Å². The van der Waals surface area contributed by atoms with E-state index in [2.05, 4.69) is 10.3 Å². The van der Waals surface area contributed by atoms with Crippen LogP contribution in [0.1, 0.15) is 37.3 Å². The molecule has 0 bridgehead atoms. The highest BCUT2D eigenvalue weighted by molar-refractivity contribution is 7.15. The van der Waals surface area contributed by atoms with E-state index in [0.29, 0.717) is 11.6 Å². The molecule has 0 saturated carbocycles. The molecule has 1 atom stereocenters. The fourth-order valence-corrected chi connectivity index (χ4v) is 3.24. The second-order valence-corrected chi connectivity index (χ2v) is 6.04. The van der Waals surface area contributed by atoms with Gasteiger partial charge in [0.2, 0.25) is 0 Å². The van der Waals surface area contributed by atoms with Crippen molar-refractivity contribution in [1.82, 2.24) is 9.88 Å². The smallest absolute Gasteiger partial charge is 0.324 e. The van der Waals surface area contributed by atoms with Crippen LogP contribution in [0.25, 0.3) is 0 Å². The Morgan fingerprint density at radius 1 is 1.50 bits per heavy atom. The van der Waals surface area contributed by atoms with E-state index in [1.165, 1.54) is 21.1 Å². The molecular formula is C13H19N3O3S. The molecule has 1 aromatic heterocycles. The average molecular weight is 297 g/mol. The van der Waals surface area contributed by atoms with Crippen LogP contribution in [0, 0.1) is 0 Å². The number of nitrogens with zero attached hydrogens (tertiary/aromatic N) is 2. The number of aryl methyl sites for hydroxylation is 2. The fraction of sp³-hybridized carbons (Fsp3) is 0.615. The van der Waals surface area contributed by atoms with Crippen molar-refractivity contribution in [3.63, 3.8) is 0 Å².